The predicted octanol–water partition coefficient (Wildman–Crippen LogP) is 3.03. The summed E-state index contributed by atoms with van der Waals surface area (Å²) < 4.78 is 35.6. The third-order valence-electron chi connectivity index (χ3n) is 2.26. The van der Waals surface area contributed by atoms with Crippen LogP contribution in [0.1, 0.15) is 30.9 Å². The Hall–Kier alpha value is -1.23. The number of benzene rings is 1. The van der Waals surface area contributed by atoms with Crippen LogP contribution in [0, 0.1) is 0 Å². The van der Waals surface area contributed by atoms with Crippen LogP contribution in [-0.4, -0.2) is 11.3 Å². The lowest BCUT2D eigenvalue weighted by molar-refractivity contribution is -0.136. The maximum atomic E-state index is 11.9. The van der Waals surface area contributed by atoms with Gasteiger partial charge in [0.15, 0.2) is 0 Å². The lowest BCUT2D eigenvalue weighted by Crippen LogP contribution is -2.08. The van der Waals surface area contributed by atoms with E-state index in [1.54, 1.807) is 24.3 Å². The first kappa shape index (κ1) is 12.8. The van der Waals surface area contributed by atoms with Gasteiger partial charge < -0.3 is 10.8 Å². The van der Waals surface area contributed by atoms with E-state index in [-0.39, 0.29) is 12.8 Å². The van der Waals surface area contributed by atoms with Gasteiger partial charge in [-0.25, -0.2) is 0 Å². The highest BCUT2D eigenvalue weighted by atomic mass is 19.4. The van der Waals surface area contributed by atoms with E-state index in [0.29, 0.717) is 11.3 Å². The summed E-state index contributed by atoms with van der Waals surface area (Å²) in [6.45, 7) is 0. The van der Waals surface area contributed by atoms with Crippen LogP contribution in [0.4, 0.5) is 18.9 Å². The Kier molecular flexibility index (Phi) is 4.18. The first-order valence-electron chi connectivity index (χ1n) is 4.99. The fourth-order valence-corrected chi connectivity index (χ4v) is 1.38. The topological polar surface area (TPSA) is 46.2 Å². The van der Waals surface area contributed by atoms with E-state index in [1.807, 2.05) is 0 Å². The second kappa shape index (κ2) is 5.21. The van der Waals surface area contributed by atoms with Crippen molar-refractivity contribution < 1.29 is 18.3 Å². The molecule has 0 saturated heterocycles. The van der Waals surface area contributed by atoms with Crippen LogP contribution in [-0.2, 0) is 0 Å². The van der Waals surface area contributed by atoms with E-state index in [9.17, 15) is 18.3 Å². The van der Waals surface area contributed by atoms with Crippen molar-refractivity contribution in [3.63, 3.8) is 0 Å². The molecule has 1 aromatic rings. The number of alkyl halides is 3. The van der Waals surface area contributed by atoms with Gasteiger partial charge in [-0.3, -0.25) is 0 Å². The van der Waals surface area contributed by atoms with E-state index in [1.165, 1.54) is 0 Å². The van der Waals surface area contributed by atoms with Gasteiger partial charge in [0.05, 0.1) is 6.10 Å². The van der Waals surface area contributed by atoms with E-state index in [0.717, 1.165) is 0 Å². The third-order valence-corrected chi connectivity index (χ3v) is 2.26. The van der Waals surface area contributed by atoms with Crippen molar-refractivity contribution in [2.24, 2.45) is 0 Å². The van der Waals surface area contributed by atoms with Gasteiger partial charge >= 0.3 is 6.18 Å². The summed E-state index contributed by atoms with van der Waals surface area (Å²) >= 11 is 0. The minimum absolute atomic E-state index is 0.0744. The minimum Gasteiger partial charge on any atom is -0.399 e. The lowest BCUT2D eigenvalue weighted by atomic mass is 10.0. The second-order valence-electron chi connectivity index (χ2n) is 3.69. The number of nitrogens with two attached hydrogens (primary N) is 1. The van der Waals surface area contributed by atoms with Crippen molar-refractivity contribution in [2.75, 3.05) is 5.73 Å². The van der Waals surface area contributed by atoms with Crippen molar-refractivity contribution in [1.29, 1.82) is 0 Å². The Morgan fingerprint density at radius 1 is 1.19 bits per heavy atom. The van der Waals surface area contributed by atoms with Crippen molar-refractivity contribution in [2.45, 2.75) is 31.5 Å². The van der Waals surface area contributed by atoms with Gasteiger partial charge in [-0.05, 0) is 30.5 Å². The van der Waals surface area contributed by atoms with Crippen molar-refractivity contribution in [3.05, 3.63) is 29.8 Å². The van der Waals surface area contributed by atoms with Crippen LogP contribution in [0.15, 0.2) is 24.3 Å². The molecule has 0 aliphatic rings. The lowest BCUT2D eigenvalue weighted by Gasteiger charge is -2.12. The van der Waals surface area contributed by atoms with Gasteiger partial charge in [0.25, 0.3) is 0 Å². The molecule has 0 amide bonds. The van der Waals surface area contributed by atoms with Crippen LogP contribution < -0.4 is 5.73 Å². The summed E-state index contributed by atoms with van der Waals surface area (Å²) in [4.78, 5) is 0. The van der Waals surface area contributed by atoms with Crippen molar-refractivity contribution >= 4 is 5.69 Å². The van der Waals surface area contributed by atoms with Crippen molar-refractivity contribution in [1.82, 2.24) is 0 Å². The van der Waals surface area contributed by atoms with E-state index >= 15 is 0 Å². The van der Waals surface area contributed by atoms with Crippen molar-refractivity contribution in [3.8, 4) is 0 Å². The summed E-state index contributed by atoms with van der Waals surface area (Å²) in [7, 11) is 0. The molecule has 0 saturated carbocycles. The molecule has 3 N–H and O–H groups in total. The fourth-order valence-electron chi connectivity index (χ4n) is 1.38. The molecule has 0 aliphatic heterocycles. The molecule has 2 nitrogen and oxygen atoms in total. The molecule has 0 spiro atoms. The Labute approximate surface area is 91.9 Å². The highest BCUT2D eigenvalue weighted by molar-refractivity contribution is 5.39. The molecule has 0 radical (unpaired) electrons. The van der Waals surface area contributed by atoms with Crippen LogP contribution >= 0.6 is 0 Å². The Morgan fingerprint density at radius 3 is 2.25 bits per heavy atom. The van der Waals surface area contributed by atoms with E-state index < -0.39 is 18.7 Å². The maximum absolute atomic E-state index is 11.9. The molecule has 1 aromatic carbocycles. The molecule has 16 heavy (non-hydrogen) atoms. The van der Waals surface area contributed by atoms with E-state index in [2.05, 4.69) is 0 Å². The molecule has 1 rings (SSSR count). The number of rotatable bonds is 4. The van der Waals surface area contributed by atoms with Crippen LogP contribution in [0.2, 0.25) is 0 Å². The Morgan fingerprint density at radius 2 is 1.75 bits per heavy atom. The summed E-state index contributed by atoms with van der Waals surface area (Å²) in [6, 6.07) is 6.46. The van der Waals surface area contributed by atoms with Crippen LogP contribution in [0.3, 0.4) is 0 Å². The van der Waals surface area contributed by atoms with Crippen LogP contribution in [0.25, 0.3) is 0 Å². The number of aliphatic hydroxyl groups excluding tert-OH is 1. The summed E-state index contributed by atoms with van der Waals surface area (Å²) in [5.41, 5.74) is 6.61. The van der Waals surface area contributed by atoms with Gasteiger partial charge in [-0.1, -0.05) is 12.1 Å². The molecule has 0 aromatic heterocycles. The number of hydrogen-bond donors (Lipinski definition) is 2. The second-order valence-corrected chi connectivity index (χ2v) is 3.69. The molecule has 90 valence electrons. The zero-order valence-electron chi connectivity index (χ0n) is 8.67. The molecular formula is C11H14F3NO. The quantitative estimate of drug-likeness (QED) is 0.785. The highest BCUT2D eigenvalue weighted by Gasteiger charge is 2.26. The minimum atomic E-state index is -4.15. The number of hydrogen-bond acceptors (Lipinski definition) is 2. The Bertz CT molecular complexity index is 321. The molecule has 5 heteroatoms. The largest absolute Gasteiger partial charge is 0.399 e. The SMILES string of the molecule is Nc1ccc(C(O)CCCC(F)(F)F)cc1. The smallest absolute Gasteiger partial charge is 0.389 e. The zero-order chi connectivity index (χ0) is 12.2. The first-order chi connectivity index (χ1) is 7.38. The molecule has 0 aliphatic carbocycles. The number of anilines is 1. The third kappa shape index (κ3) is 4.53. The predicted molar refractivity (Wildman–Crippen MR) is 55.7 cm³/mol. The average molecular weight is 233 g/mol. The molecular weight excluding hydrogens is 219 g/mol. The molecule has 1 atom stereocenters. The highest BCUT2D eigenvalue weighted by Crippen LogP contribution is 2.26. The molecule has 0 heterocycles. The number of halogens is 3. The average Bonchev–Trinajstić information content (AvgIpc) is 2.16. The monoisotopic (exact) mass is 233 g/mol. The Balaban J connectivity index is 2.41. The summed E-state index contributed by atoms with van der Waals surface area (Å²) in [5, 5.41) is 9.60. The van der Waals surface area contributed by atoms with Crippen LogP contribution in [0.5, 0.6) is 0 Å². The summed E-state index contributed by atoms with van der Waals surface area (Å²) in [6.07, 6.45) is -5.85. The van der Waals surface area contributed by atoms with Gasteiger partial charge in [-0.15, -0.1) is 0 Å². The number of nitrogen functional groups attached to an aromatic ring is 1. The summed E-state index contributed by atoms with van der Waals surface area (Å²) in [5.74, 6) is 0. The van der Waals surface area contributed by atoms with Gasteiger partial charge in [0.1, 0.15) is 0 Å². The van der Waals surface area contributed by atoms with Gasteiger partial charge in [0.2, 0.25) is 0 Å². The molecule has 1 unspecified atom stereocenters. The van der Waals surface area contributed by atoms with Gasteiger partial charge in [0, 0.05) is 12.1 Å². The van der Waals surface area contributed by atoms with E-state index in [4.69, 9.17) is 5.73 Å². The number of aliphatic hydroxyl groups is 1. The zero-order valence-corrected chi connectivity index (χ0v) is 8.67. The first-order valence-corrected chi connectivity index (χ1v) is 4.99. The van der Waals surface area contributed by atoms with Gasteiger partial charge in [-0.2, -0.15) is 13.2 Å². The standard InChI is InChI=1S/C11H14F3NO/c12-11(13,14)7-1-2-10(16)8-3-5-9(15)6-4-8/h3-6,10,16H,1-2,7,15H2. The molecule has 0 fully saturated rings. The maximum Gasteiger partial charge on any atom is 0.389 e. The fraction of sp³-hybridized carbons (Fsp3) is 0.455. The normalized spacial score (nSPS) is 13.8. The molecule has 0 bridgehead atoms.